The van der Waals surface area contributed by atoms with Gasteiger partial charge in [0.25, 0.3) is 0 Å². The second-order valence-corrected chi connectivity index (χ2v) is 8.29. The van der Waals surface area contributed by atoms with Gasteiger partial charge in [0.15, 0.2) is 6.23 Å². The first-order valence-electron chi connectivity index (χ1n) is 11.4. The molecule has 1 aliphatic heterocycles. The highest BCUT2D eigenvalue weighted by Crippen LogP contribution is 2.35. The van der Waals surface area contributed by atoms with Crippen LogP contribution in [0.15, 0.2) is 61.1 Å². The molecule has 10 heteroatoms. The van der Waals surface area contributed by atoms with E-state index in [9.17, 15) is 4.39 Å². The SMILES string of the molecule is COc1cc(-n2cc(-c3nn(C4CCCCO4)c4ccc(-c5cccnc5F)cc34)nn2)ccn1. The molecule has 5 heterocycles. The molecule has 0 saturated carbocycles. The van der Waals surface area contributed by atoms with E-state index in [1.165, 1.54) is 6.20 Å². The van der Waals surface area contributed by atoms with Gasteiger partial charge in [0.2, 0.25) is 11.8 Å². The normalized spacial score (nSPS) is 16.0. The fraction of sp³-hybridized carbons (Fsp3) is 0.240. The lowest BCUT2D eigenvalue weighted by atomic mass is 10.0. The molecule has 0 radical (unpaired) electrons. The van der Waals surface area contributed by atoms with E-state index in [0.717, 1.165) is 35.9 Å². The van der Waals surface area contributed by atoms with Gasteiger partial charge in [-0.3, -0.25) is 0 Å². The number of pyridine rings is 2. The van der Waals surface area contributed by atoms with Gasteiger partial charge in [-0.05, 0) is 55.2 Å². The van der Waals surface area contributed by atoms with Gasteiger partial charge in [0.05, 0.1) is 24.5 Å². The molecule has 0 N–H and O–H groups in total. The molecule has 1 saturated heterocycles. The molecule has 1 fully saturated rings. The number of hydrogen-bond donors (Lipinski definition) is 0. The first-order chi connectivity index (χ1) is 17.2. The van der Waals surface area contributed by atoms with E-state index in [1.54, 1.807) is 42.4 Å². The van der Waals surface area contributed by atoms with Crippen LogP contribution in [0.3, 0.4) is 0 Å². The summed E-state index contributed by atoms with van der Waals surface area (Å²) < 4.78 is 29.3. The average Bonchev–Trinajstić information content (AvgIpc) is 3.54. The van der Waals surface area contributed by atoms with Crippen LogP contribution in [0.1, 0.15) is 25.5 Å². The maximum absolute atomic E-state index is 14.5. The summed E-state index contributed by atoms with van der Waals surface area (Å²) >= 11 is 0. The van der Waals surface area contributed by atoms with E-state index in [2.05, 4.69) is 20.3 Å². The Hall–Kier alpha value is -4.18. The van der Waals surface area contributed by atoms with Gasteiger partial charge < -0.3 is 9.47 Å². The second kappa shape index (κ2) is 8.88. The van der Waals surface area contributed by atoms with Gasteiger partial charge in [0, 0.05) is 36.0 Å². The largest absolute Gasteiger partial charge is 0.481 e. The van der Waals surface area contributed by atoms with Crippen molar-refractivity contribution in [1.29, 1.82) is 0 Å². The highest BCUT2D eigenvalue weighted by atomic mass is 19.1. The number of nitrogens with zero attached hydrogens (tertiary/aromatic N) is 7. The Morgan fingerprint density at radius 1 is 1.09 bits per heavy atom. The molecular weight excluding hydrogens is 449 g/mol. The van der Waals surface area contributed by atoms with Gasteiger partial charge in [-0.2, -0.15) is 9.49 Å². The number of aromatic nitrogens is 7. The minimum atomic E-state index is -0.519. The first kappa shape index (κ1) is 21.4. The molecule has 35 heavy (non-hydrogen) atoms. The first-order valence-corrected chi connectivity index (χ1v) is 11.4. The summed E-state index contributed by atoms with van der Waals surface area (Å²) in [6.45, 7) is 0.695. The zero-order chi connectivity index (χ0) is 23.8. The molecule has 0 amide bonds. The average molecular weight is 471 g/mol. The molecule has 1 aliphatic rings. The summed E-state index contributed by atoms with van der Waals surface area (Å²) in [5.41, 5.74) is 4.01. The van der Waals surface area contributed by atoms with Crippen molar-refractivity contribution in [3.05, 3.63) is 67.0 Å². The van der Waals surface area contributed by atoms with Gasteiger partial charge in [-0.1, -0.05) is 11.3 Å². The molecule has 1 atom stereocenters. The number of halogens is 1. The summed E-state index contributed by atoms with van der Waals surface area (Å²) in [5.74, 6) is -0.0409. The summed E-state index contributed by atoms with van der Waals surface area (Å²) in [5, 5.41) is 14.4. The van der Waals surface area contributed by atoms with E-state index in [0.29, 0.717) is 35.0 Å². The van der Waals surface area contributed by atoms with E-state index < -0.39 is 5.95 Å². The van der Waals surface area contributed by atoms with Gasteiger partial charge in [0.1, 0.15) is 11.4 Å². The molecule has 6 rings (SSSR count). The number of benzene rings is 1. The Kier molecular flexibility index (Phi) is 5.42. The molecular formula is C25H22FN7O2. The van der Waals surface area contributed by atoms with Crippen molar-refractivity contribution < 1.29 is 13.9 Å². The van der Waals surface area contributed by atoms with E-state index in [1.807, 2.05) is 28.9 Å². The monoisotopic (exact) mass is 471 g/mol. The fourth-order valence-corrected chi connectivity index (χ4v) is 4.39. The molecule has 0 bridgehead atoms. The van der Waals surface area contributed by atoms with Crippen molar-refractivity contribution in [3.63, 3.8) is 0 Å². The summed E-state index contributed by atoms with van der Waals surface area (Å²) in [6.07, 6.45) is 7.71. The van der Waals surface area contributed by atoms with Crippen LogP contribution in [0.2, 0.25) is 0 Å². The van der Waals surface area contributed by atoms with Crippen LogP contribution in [-0.4, -0.2) is 48.5 Å². The molecule has 1 unspecified atom stereocenters. The molecule has 4 aromatic heterocycles. The Labute approximate surface area is 200 Å². The summed E-state index contributed by atoms with van der Waals surface area (Å²) in [4.78, 5) is 7.94. The smallest absolute Gasteiger partial charge is 0.220 e. The van der Waals surface area contributed by atoms with Crippen molar-refractivity contribution >= 4 is 10.9 Å². The lowest BCUT2D eigenvalue weighted by Gasteiger charge is -2.23. The second-order valence-electron chi connectivity index (χ2n) is 8.29. The number of ether oxygens (including phenoxy) is 2. The minimum Gasteiger partial charge on any atom is -0.481 e. The fourth-order valence-electron chi connectivity index (χ4n) is 4.39. The van der Waals surface area contributed by atoms with Crippen LogP contribution in [0.5, 0.6) is 5.88 Å². The molecule has 176 valence electrons. The Bertz CT molecular complexity index is 1510. The lowest BCUT2D eigenvalue weighted by molar-refractivity contribution is -0.0365. The van der Waals surface area contributed by atoms with E-state index in [4.69, 9.17) is 14.6 Å². The van der Waals surface area contributed by atoms with Gasteiger partial charge in [-0.15, -0.1) is 5.10 Å². The molecule has 5 aromatic rings. The Morgan fingerprint density at radius 3 is 2.86 bits per heavy atom. The minimum absolute atomic E-state index is 0.166. The van der Waals surface area contributed by atoms with Crippen LogP contribution in [0.4, 0.5) is 4.39 Å². The zero-order valence-electron chi connectivity index (χ0n) is 19.0. The van der Waals surface area contributed by atoms with Crippen molar-refractivity contribution in [3.8, 4) is 34.1 Å². The Balaban J connectivity index is 1.49. The third kappa shape index (κ3) is 3.91. The predicted molar refractivity (Wildman–Crippen MR) is 126 cm³/mol. The number of methoxy groups -OCH3 is 1. The highest BCUT2D eigenvalue weighted by molar-refractivity contribution is 5.95. The molecule has 9 nitrogen and oxygen atoms in total. The van der Waals surface area contributed by atoms with Crippen LogP contribution >= 0.6 is 0 Å². The molecule has 1 aromatic carbocycles. The highest BCUT2D eigenvalue weighted by Gasteiger charge is 2.23. The van der Waals surface area contributed by atoms with E-state index >= 15 is 0 Å². The maximum Gasteiger partial charge on any atom is 0.220 e. The molecule has 0 aliphatic carbocycles. The van der Waals surface area contributed by atoms with Gasteiger partial charge in [-0.25, -0.2) is 19.3 Å². The Morgan fingerprint density at radius 2 is 2.03 bits per heavy atom. The van der Waals surface area contributed by atoms with Crippen molar-refractivity contribution in [2.24, 2.45) is 0 Å². The lowest BCUT2D eigenvalue weighted by Crippen LogP contribution is -2.19. The number of fused-ring (bicyclic) bond motifs is 1. The van der Waals surface area contributed by atoms with E-state index in [-0.39, 0.29) is 6.23 Å². The number of rotatable bonds is 5. The van der Waals surface area contributed by atoms with Crippen LogP contribution < -0.4 is 4.74 Å². The van der Waals surface area contributed by atoms with Crippen LogP contribution in [0, 0.1) is 5.95 Å². The van der Waals surface area contributed by atoms with Crippen molar-refractivity contribution in [2.45, 2.75) is 25.5 Å². The van der Waals surface area contributed by atoms with Crippen LogP contribution in [0.25, 0.3) is 39.1 Å². The van der Waals surface area contributed by atoms with Crippen LogP contribution in [-0.2, 0) is 4.74 Å². The standard InChI is InChI=1S/C25H22FN7O2/c1-34-22-14-17(9-11-27-22)32-15-20(29-31-32)24-19-13-16(18-5-4-10-28-25(18)26)7-8-21(19)33(30-24)23-6-2-3-12-35-23/h4-5,7-11,13-15,23H,2-3,6,12H2,1H3. The third-order valence-electron chi connectivity index (χ3n) is 6.13. The summed E-state index contributed by atoms with van der Waals surface area (Å²) in [7, 11) is 1.56. The topological polar surface area (TPSA) is 92.8 Å². The predicted octanol–water partition coefficient (Wildman–Crippen LogP) is 4.59. The number of hydrogen-bond acceptors (Lipinski definition) is 7. The maximum atomic E-state index is 14.5. The van der Waals surface area contributed by atoms with Crippen molar-refractivity contribution in [1.82, 2.24) is 34.7 Å². The molecule has 0 spiro atoms. The van der Waals surface area contributed by atoms with Gasteiger partial charge >= 0.3 is 0 Å². The quantitative estimate of drug-likeness (QED) is 0.346. The zero-order valence-corrected chi connectivity index (χ0v) is 19.0. The third-order valence-corrected chi connectivity index (χ3v) is 6.13. The summed E-state index contributed by atoms with van der Waals surface area (Å²) in [6, 6.07) is 12.8. The van der Waals surface area contributed by atoms with Crippen molar-refractivity contribution in [2.75, 3.05) is 13.7 Å².